The summed E-state index contributed by atoms with van der Waals surface area (Å²) in [7, 11) is 1.48. The monoisotopic (exact) mass is 652 g/mol. The number of halogens is 6. The van der Waals surface area contributed by atoms with Gasteiger partial charge in [-0.05, 0) is 36.8 Å². The molecule has 0 aliphatic carbocycles. The number of amides is 1. The minimum absolute atomic E-state index is 0.0137. The van der Waals surface area contributed by atoms with Crippen molar-refractivity contribution >= 4 is 22.6 Å². The predicted molar refractivity (Wildman–Crippen MR) is 154 cm³/mol. The number of hydrogen-bond donors (Lipinski definition) is 1. The Morgan fingerprint density at radius 1 is 1.04 bits per heavy atom. The molecule has 0 radical (unpaired) electrons. The molecule has 0 saturated heterocycles. The first kappa shape index (κ1) is 32.8. The van der Waals surface area contributed by atoms with Gasteiger partial charge in [0.05, 0.1) is 57.3 Å². The summed E-state index contributed by atoms with van der Waals surface area (Å²) >= 11 is 0. The van der Waals surface area contributed by atoms with Gasteiger partial charge in [-0.1, -0.05) is 12.1 Å². The number of nitrogens with zero attached hydrogens (tertiary/aromatic N) is 5. The molecular weight excluding hydrogens is 622 g/mol. The van der Waals surface area contributed by atoms with Gasteiger partial charge in [-0.3, -0.25) is 9.59 Å². The summed E-state index contributed by atoms with van der Waals surface area (Å²) in [5.41, 5.74) is -2.40. The van der Waals surface area contributed by atoms with Crippen molar-refractivity contribution in [1.29, 1.82) is 0 Å². The molecule has 0 bridgehead atoms. The highest BCUT2D eigenvalue weighted by atomic mass is 19.4. The maximum absolute atomic E-state index is 13.9. The van der Waals surface area contributed by atoms with E-state index in [1.807, 2.05) is 0 Å². The van der Waals surface area contributed by atoms with E-state index < -0.39 is 40.8 Å². The molecule has 3 aromatic heterocycles. The van der Waals surface area contributed by atoms with Gasteiger partial charge >= 0.3 is 12.4 Å². The molecule has 1 N–H and O–H groups in total. The molecule has 1 amide bonds. The third kappa shape index (κ3) is 7.27. The first-order chi connectivity index (χ1) is 21.7. The van der Waals surface area contributed by atoms with Crippen LogP contribution in [0.5, 0.6) is 5.75 Å². The van der Waals surface area contributed by atoms with Crippen molar-refractivity contribution in [1.82, 2.24) is 24.2 Å². The zero-order chi connectivity index (χ0) is 33.2. The number of carbonyl (C=O) groups excluding carboxylic acids is 1. The van der Waals surface area contributed by atoms with Crippen LogP contribution in [0.3, 0.4) is 0 Å². The van der Waals surface area contributed by atoms with E-state index >= 15 is 0 Å². The Balaban J connectivity index is 1.14. The number of pyridine rings is 1. The topological polar surface area (TPSA) is 104 Å². The van der Waals surface area contributed by atoms with E-state index in [1.54, 1.807) is 46.7 Å². The molecule has 0 saturated carbocycles. The number of fused-ring (bicyclic) bond motifs is 3. The lowest BCUT2D eigenvalue weighted by Crippen LogP contribution is -2.38. The third-order valence-corrected chi connectivity index (χ3v) is 7.49. The molecule has 4 aromatic rings. The minimum atomic E-state index is -4.95. The van der Waals surface area contributed by atoms with Gasteiger partial charge in [-0.25, -0.2) is 9.67 Å². The van der Waals surface area contributed by atoms with Gasteiger partial charge in [0.1, 0.15) is 17.0 Å². The van der Waals surface area contributed by atoms with Crippen molar-refractivity contribution < 1.29 is 40.6 Å². The van der Waals surface area contributed by atoms with Crippen LogP contribution in [0.15, 0.2) is 53.6 Å². The maximum atomic E-state index is 13.9. The first-order valence-corrected chi connectivity index (χ1v) is 14.2. The van der Waals surface area contributed by atoms with Crippen molar-refractivity contribution in [3.05, 3.63) is 81.5 Å². The lowest BCUT2D eigenvalue weighted by atomic mass is 10.2. The first-order valence-electron chi connectivity index (χ1n) is 14.2. The summed E-state index contributed by atoms with van der Waals surface area (Å²) in [6.07, 6.45) is -7.74. The second kappa shape index (κ2) is 13.0. The van der Waals surface area contributed by atoms with E-state index in [9.17, 15) is 35.9 Å². The summed E-state index contributed by atoms with van der Waals surface area (Å²) in [6, 6.07) is 8.43. The molecule has 16 heteroatoms. The molecule has 1 atom stereocenters. The van der Waals surface area contributed by atoms with Crippen LogP contribution in [0.4, 0.5) is 32.0 Å². The third-order valence-electron chi connectivity index (χ3n) is 7.49. The van der Waals surface area contributed by atoms with Crippen LogP contribution in [-0.2, 0) is 41.5 Å². The van der Waals surface area contributed by atoms with Crippen LogP contribution in [0.2, 0.25) is 0 Å². The molecule has 0 spiro atoms. The fraction of sp³-hybridized carbons (Fsp3) is 0.400. The van der Waals surface area contributed by atoms with Crippen LogP contribution < -0.4 is 15.6 Å². The van der Waals surface area contributed by atoms with Gasteiger partial charge in [0.15, 0.2) is 0 Å². The number of hydrogen-bond acceptors (Lipinski definition) is 7. The molecule has 0 unspecified atom stereocenters. The normalized spacial score (nSPS) is 14.3. The lowest BCUT2D eigenvalue weighted by molar-refractivity contribution is -0.139. The second-order valence-corrected chi connectivity index (χ2v) is 10.8. The predicted octanol–water partition coefficient (Wildman–Crippen LogP) is 4.94. The summed E-state index contributed by atoms with van der Waals surface area (Å²) in [5.74, 6) is 0.313. The average Bonchev–Trinajstić information content (AvgIpc) is 3.37. The Labute approximate surface area is 258 Å². The van der Waals surface area contributed by atoms with Crippen LogP contribution in [0.1, 0.15) is 35.7 Å². The van der Waals surface area contributed by atoms with Crippen LogP contribution in [0, 0.1) is 0 Å². The van der Waals surface area contributed by atoms with Crippen LogP contribution in [0.25, 0.3) is 11.0 Å². The molecule has 46 heavy (non-hydrogen) atoms. The standard InChI is InChI=1S/C30H30F6N6O4/c1-18(39-24-14-38-42(28(44)26(24)30(34,35)36)15-19-3-5-23(45-2)6-4-19)17-46-10-7-25(43)40-8-9-41-22(16-40)12-20-11-21(29(31,32)33)13-37-27(20)41/h3-6,11-14,18,39H,7-10,15-17H2,1-2H3/t18-/m0/s1. The number of carbonyl (C=O) groups is 1. The quantitative estimate of drug-likeness (QED) is 0.191. The van der Waals surface area contributed by atoms with Gasteiger partial charge in [0.2, 0.25) is 5.91 Å². The molecule has 4 heterocycles. The number of methoxy groups -OCH3 is 1. The summed E-state index contributed by atoms with van der Waals surface area (Å²) in [6.45, 7) is 2.18. The largest absolute Gasteiger partial charge is 0.497 e. The van der Waals surface area contributed by atoms with Crippen molar-refractivity contribution in [3.8, 4) is 5.75 Å². The van der Waals surface area contributed by atoms with Gasteiger partial charge < -0.3 is 24.3 Å². The molecule has 1 aliphatic heterocycles. The number of ether oxygens (including phenoxy) is 2. The van der Waals surface area contributed by atoms with E-state index in [-0.39, 0.29) is 38.6 Å². The van der Waals surface area contributed by atoms with E-state index in [4.69, 9.17) is 9.47 Å². The zero-order valence-electron chi connectivity index (χ0n) is 24.8. The SMILES string of the molecule is COc1ccc(Cn2ncc(N[C@@H](C)COCCC(=O)N3CCn4c(cc5cc(C(F)(F)F)cnc54)C3)c(C(F)(F)F)c2=O)cc1. The molecule has 1 aliphatic rings. The van der Waals surface area contributed by atoms with E-state index in [0.717, 1.165) is 23.1 Å². The van der Waals surface area contributed by atoms with Gasteiger partial charge in [-0.2, -0.15) is 31.4 Å². The highest BCUT2D eigenvalue weighted by Crippen LogP contribution is 2.33. The Kier molecular flexibility index (Phi) is 9.28. The lowest BCUT2D eigenvalue weighted by Gasteiger charge is -2.29. The van der Waals surface area contributed by atoms with Crippen LogP contribution >= 0.6 is 0 Å². The molecule has 5 rings (SSSR count). The summed E-state index contributed by atoms with van der Waals surface area (Å²) in [5, 5.41) is 6.90. The summed E-state index contributed by atoms with van der Waals surface area (Å²) < 4.78 is 94.2. The molecule has 10 nitrogen and oxygen atoms in total. The fourth-order valence-corrected chi connectivity index (χ4v) is 5.22. The van der Waals surface area contributed by atoms with Gasteiger partial charge in [-0.15, -0.1) is 0 Å². The number of benzene rings is 1. The van der Waals surface area contributed by atoms with E-state index in [2.05, 4.69) is 15.4 Å². The highest BCUT2D eigenvalue weighted by molar-refractivity contribution is 5.80. The molecular formula is C30H30F6N6O4. The number of nitrogens with one attached hydrogen (secondary N) is 1. The smallest absolute Gasteiger partial charge is 0.423 e. The van der Waals surface area contributed by atoms with Crippen molar-refractivity contribution in [3.63, 3.8) is 0 Å². The van der Waals surface area contributed by atoms with Gasteiger partial charge in [0.25, 0.3) is 5.56 Å². The number of alkyl halides is 6. The Morgan fingerprint density at radius 3 is 2.46 bits per heavy atom. The van der Waals surface area contributed by atoms with Crippen molar-refractivity contribution in [2.75, 3.05) is 32.2 Å². The van der Waals surface area contributed by atoms with E-state index in [1.165, 1.54) is 7.11 Å². The molecule has 1 aromatic carbocycles. The highest BCUT2D eigenvalue weighted by Gasteiger charge is 2.38. The minimum Gasteiger partial charge on any atom is -0.497 e. The van der Waals surface area contributed by atoms with E-state index in [0.29, 0.717) is 41.1 Å². The molecule has 0 fully saturated rings. The Morgan fingerprint density at radius 2 is 1.78 bits per heavy atom. The number of rotatable bonds is 10. The molecule has 246 valence electrons. The van der Waals surface area contributed by atoms with Crippen molar-refractivity contribution in [2.45, 2.75) is 51.4 Å². The maximum Gasteiger partial charge on any atom is 0.423 e. The van der Waals surface area contributed by atoms with Crippen LogP contribution in [-0.4, -0.2) is 63.0 Å². The average molecular weight is 653 g/mol. The Hall–Kier alpha value is -4.60. The van der Waals surface area contributed by atoms with Gasteiger partial charge in [0, 0.05) is 36.4 Å². The summed E-state index contributed by atoms with van der Waals surface area (Å²) in [4.78, 5) is 31.2. The Bertz CT molecular complexity index is 1770. The second-order valence-electron chi connectivity index (χ2n) is 10.8. The fourth-order valence-electron chi connectivity index (χ4n) is 5.22. The zero-order valence-corrected chi connectivity index (χ0v) is 24.8. The number of aromatic nitrogens is 4. The van der Waals surface area contributed by atoms with Crippen molar-refractivity contribution in [2.24, 2.45) is 0 Å². The number of anilines is 1.